The smallest absolute Gasteiger partial charge is 0.242 e. The second-order valence-electron chi connectivity index (χ2n) is 7.59. The zero-order chi connectivity index (χ0) is 23.6. The van der Waals surface area contributed by atoms with Gasteiger partial charge in [-0.15, -0.1) is 0 Å². The van der Waals surface area contributed by atoms with E-state index in [1.165, 1.54) is 36.9 Å². The molecule has 0 unspecified atom stereocenters. The predicted molar refractivity (Wildman–Crippen MR) is 126 cm³/mol. The van der Waals surface area contributed by atoms with E-state index in [0.29, 0.717) is 23.6 Å². The highest BCUT2D eigenvalue weighted by molar-refractivity contribution is 7.89. The third-order valence-electron chi connectivity index (χ3n) is 5.26. The molecule has 9 heteroatoms. The molecule has 1 N–H and O–H groups in total. The van der Waals surface area contributed by atoms with E-state index in [9.17, 15) is 12.8 Å². The van der Waals surface area contributed by atoms with Crippen LogP contribution in [0.1, 0.15) is 5.56 Å². The Morgan fingerprint density at radius 3 is 2.30 bits per heavy atom. The van der Waals surface area contributed by atoms with Gasteiger partial charge in [0, 0.05) is 26.0 Å². The van der Waals surface area contributed by atoms with Crippen molar-refractivity contribution < 1.29 is 17.5 Å². The summed E-state index contributed by atoms with van der Waals surface area (Å²) in [4.78, 5) is 8.98. The minimum absolute atomic E-state index is 0.234. The topological polar surface area (TPSA) is 84.4 Å². The number of rotatable bonds is 7. The average Bonchev–Trinajstić information content (AvgIpc) is 2.82. The summed E-state index contributed by atoms with van der Waals surface area (Å²) in [6, 6.07) is 16.7. The molecule has 170 valence electrons. The van der Waals surface area contributed by atoms with Crippen LogP contribution in [-0.4, -0.2) is 43.9 Å². The zero-order valence-electron chi connectivity index (χ0n) is 18.4. The van der Waals surface area contributed by atoms with Crippen LogP contribution in [0.15, 0.2) is 71.9 Å². The van der Waals surface area contributed by atoms with E-state index in [0.717, 1.165) is 22.1 Å². The fourth-order valence-corrected chi connectivity index (χ4v) is 4.32. The Morgan fingerprint density at radius 2 is 1.67 bits per heavy atom. The molecule has 0 aliphatic heterocycles. The van der Waals surface area contributed by atoms with E-state index in [4.69, 9.17) is 4.74 Å². The molecule has 3 aromatic carbocycles. The maximum atomic E-state index is 13.4. The highest BCUT2D eigenvalue weighted by Gasteiger charge is 2.17. The van der Waals surface area contributed by atoms with Crippen molar-refractivity contribution in [3.05, 3.63) is 78.4 Å². The Balaban J connectivity index is 1.65. The summed E-state index contributed by atoms with van der Waals surface area (Å²) >= 11 is 0. The van der Waals surface area contributed by atoms with Crippen LogP contribution < -0.4 is 10.1 Å². The van der Waals surface area contributed by atoms with Gasteiger partial charge in [-0.25, -0.2) is 27.1 Å². The van der Waals surface area contributed by atoms with Gasteiger partial charge in [-0.3, -0.25) is 0 Å². The van der Waals surface area contributed by atoms with Gasteiger partial charge in [0.2, 0.25) is 10.0 Å². The molecule has 4 aromatic rings. The maximum Gasteiger partial charge on any atom is 0.242 e. The normalized spacial score (nSPS) is 11.7. The first kappa shape index (κ1) is 22.6. The van der Waals surface area contributed by atoms with E-state index in [2.05, 4.69) is 15.3 Å². The number of nitrogens with zero attached hydrogens (tertiary/aromatic N) is 3. The Hall–Kier alpha value is -3.56. The van der Waals surface area contributed by atoms with Crippen molar-refractivity contribution in [2.24, 2.45) is 0 Å². The van der Waals surface area contributed by atoms with Crippen LogP contribution in [0.2, 0.25) is 0 Å². The molecule has 0 bridgehead atoms. The third-order valence-corrected chi connectivity index (χ3v) is 7.09. The lowest BCUT2D eigenvalue weighted by Crippen LogP contribution is -2.22. The maximum absolute atomic E-state index is 13.4. The first-order chi connectivity index (χ1) is 15.8. The van der Waals surface area contributed by atoms with E-state index in [-0.39, 0.29) is 10.7 Å². The van der Waals surface area contributed by atoms with E-state index in [1.54, 1.807) is 43.5 Å². The van der Waals surface area contributed by atoms with Crippen LogP contribution in [0.25, 0.3) is 22.0 Å². The number of anilines is 1. The number of hydrogen-bond acceptors (Lipinski definition) is 6. The van der Waals surface area contributed by atoms with Gasteiger partial charge < -0.3 is 10.1 Å². The molecule has 0 saturated carbocycles. The molecule has 0 spiro atoms. The fraction of sp³-hybridized carbons (Fsp3) is 0.167. The summed E-state index contributed by atoms with van der Waals surface area (Å²) in [6.07, 6.45) is 1.46. The molecule has 1 heterocycles. The summed E-state index contributed by atoms with van der Waals surface area (Å²) in [7, 11) is 1.09. The van der Waals surface area contributed by atoms with E-state index >= 15 is 0 Å². The fourth-order valence-electron chi connectivity index (χ4n) is 3.42. The Morgan fingerprint density at radius 1 is 0.970 bits per heavy atom. The van der Waals surface area contributed by atoms with Crippen molar-refractivity contribution in [2.75, 3.05) is 26.5 Å². The van der Waals surface area contributed by atoms with Crippen molar-refractivity contribution in [3.63, 3.8) is 0 Å². The molecule has 1 aromatic heterocycles. The number of hydrogen-bond donors (Lipinski definition) is 1. The molecule has 0 amide bonds. The molecule has 4 rings (SSSR count). The number of sulfonamides is 1. The summed E-state index contributed by atoms with van der Waals surface area (Å²) in [5.41, 5.74) is 3.22. The quantitative estimate of drug-likeness (QED) is 0.437. The monoisotopic (exact) mass is 466 g/mol. The number of aromatic nitrogens is 2. The number of ether oxygens (including phenoxy) is 1. The highest BCUT2D eigenvalue weighted by Crippen LogP contribution is 2.34. The lowest BCUT2D eigenvalue weighted by molar-refractivity contribution is 0.419. The predicted octanol–water partition coefficient (Wildman–Crippen LogP) is 4.31. The van der Waals surface area contributed by atoms with Crippen LogP contribution in [0.3, 0.4) is 0 Å². The lowest BCUT2D eigenvalue weighted by atomic mass is 10.0. The number of halogens is 1. The molecular formula is C24H23FN4O3S. The number of nitrogens with one attached hydrogen (secondary N) is 1. The summed E-state index contributed by atoms with van der Waals surface area (Å²) < 4.78 is 44.6. The van der Waals surface area contributed by atoms with Gasteiger partial charge in [0.05, 0.1) is 12.0 Å². The second-order valence-corrected chi connectivity index (χ2v) is 9.74. The van der Waals surface area contributed by atoms with Gasteiger partial charge in [-0.2, -0.15) is 0 Å². The van der Waals surface area contributed by atoms with Gasteiger partial charge >= 0.3 is 0 Å². The van der Waals surface area contributed by atoms with Crippen molar-refractivity contribution >= 4 is 26.7 Å². The molecular weight excluding hydrogens is 443 g/mol. The van der Waals surface area contributed by atoms with Crippen LogP contribution >= 0.6 is 0 Å². The van der Waals surface area contributed by atoms with Crippen molar-refractivity contribution in [2.45, 2.75) is 11.4 Å². The van der Waals surface area contributed by atoms with Crippen LogP contribution in [0.4, 0.5) is 10.2 Å². The molecule has 0 aliphatic rings. The minimum atomic E-state index is -3.48. The number of methoxy groups -OCH3 is 1. The largest absolute Gasteiger partial charge is 0.494 e. The number of fused-ring (bicyclic) bond motifs is 1. The van der Waals surface area contributed by atoms with Gasteiger partial charge in [-0.1, -0.05) is 24.3 Å². The number of benzene rings is 3. The van der Waals surface area contributed by atoms with Crippen molar-refractivity contribution in [3.8, 4) is 16.9 Å². The molecule has 0 atom stereocenters. The summed E-state index contributed by atoms with van der Waals surface area (Å²) in [6.45, 7) is 0.428. The van der Waals surface area contributed by atoms with Crippen LogP contribution in [0, 0.1) is 5.82 Å². The van der Waals surface area contributed by atoms with Gasteiger partial charge in [-0.05, 0) is 53.1 Å². The average molecular weight is 467 g/mol. The highest BCUT2D eigenvalue weighted by atomic mass is 32.2. The molecule has 0 radical (unpaired) electrons. The molecule has 33 heavy (non-hydrogen) atoms. The zero-order valence-corrected chi connectivity index (χ0v) is 19.2. The van der Waals surface area contributed by atoms with Crippen LogP contribution in [0.5, 0.6) is 5.75 Å². The van der Waals surface area contributed by atoms with Crippen molar-refractivity contribution in [1.82, 2.24) is 14.3 Å². The first-order valence-corrected chi connectivity index (χ1v) is 11.6. The minimum Gasteiger partial charge on any atom is -0.494 e. The van der Waals surface area contributed by atoms with E-state index in [1.807, 2.05) is 12.1 Å². The first-order valence-electron chi connectivity index (χ1n) is 10.1. The van der Waals surface area contributed by atoms with E-state index < -0.39 is 10.0 Å². The molecule has 0 fully saturated rings. The third kappa shape index (κ3) is 4.64. The summed E-state index contributed by atoms with van der Waals surface area (Å²) in [5, 5.41) is 4.05. The molecule has 0 aliphatic carbocycles. The standard InChI is InChI=1S/C24H23FN4O3S/c1-29(2)33(30,31)20-10-4-16(5-11-20)14-26-24-21-12-18(17-6-8-19(25)9-7-17)13-22(32-3)23(21)27-15-28-24/h4-13,15H,14H2,1-3H3,(H,26,27,28). The lowest BCUT2D eigenvalue weighted by Gasteiger charge is -2.14. The molecule has 0 saturated heterocycles. The van der Waals surface area contributed by atoms with Crippen LogP contribution in [-0.2, 0) is 16.6 Å². The Labute approximate surface area is 191 Å². The molecule has 7 nitrogen and oxygen atoms in total. The Bertz CT molecular complexity index is 1390. The van der Waals surface area contributed by atoms with Crippen molar-refractivity contribution in [1.29, 1.82) is 0 Å². The Kier molecular flexibility index (Phi) is 6.26. The SMILES string of the molecule is COc1cc(-c2ccc(F)cc2)cc2c(NCc3ccc(S(=O)(=O)N(C)C)cc3)ncnc12. The van der Waals surface area contributed by atoms with Gasteiger partial charge in [0.15, 0.2) is 0 Å². The van der Waals surface area contributed by atoms with Gasteiger partial charge in [0.1, 0.15) is 29.2 Å². The second kappa shape index (κ2) is 9.13. The van der Waals surface area contributed by atoms with Gasteiger partial charge in [0.25, 0.3) is 0 Å². The summed E-state index contributed by atoms with van der Waals surface area (Å²) in [5.74, 6) is 0.879.